The van der Waals surface area contributed by atoms with Crippen molar-refractivity contribution in [3.05, 3.63) is 12.2 Å². The van der Waals surface area contributed by atoms with Crippen LogP contribution in [0, 0.1) is 17.3 Å². The Balaban J connectivity index is 1.79. The topological polar surface area (TPSA) is 78.9 Å². The molecule has 0 spiro atoms. The zero-order valence-corrected chi connectivity index (χ0v) is 13.6. The van der Waals surface area contributed by atoms with Crippen molar-refractivity contribution < 1.29 is 41.8 Å². The Labute approximate surface area is 141 Å². The first-order valence-corrected chi connectivity index (χ1v) is 7.84. The summed E-state index contributed by atoms with van der Waals surface area (Å²) in [5, 5.41) is 0. The largest absolute Gasteiger partial charge is 0.457 e. The number of halogens is 3. The van der Waals surface area contributed by atoms with Crippen molar-refractivity contribution in [3.63, 3.8) is 0 Å². The first-order chi connectivity index (χ1) is 11.5. The number of carbonyl (C=O) groups is 3. The van der Waals surface area contributed by atoms with Gasteiger partial charge in [0.1, 0.15) is 12.2 Å². The van der Waals surface area contributed by atoms with Crippen molar-refractivity contribution in [2.45, 2.75) is 51.2 Å². The molecule has 6 unspecified atom stereocenters. The molecule has 0 amide bonds. The molecule has 6 atom stereocenters. The van der Waals surface area contributed by atoms with E-state index in [9.17, 15) is 27.6 Å². The van der Waals surface area contributed by atoms with E-state index in [4.69, 9.17) is 9.47 Å². The summed E-state index contributed by atoms with van der Waals surface area (Å²) in [6.07, 6.45) is -8.31. The molecule has 0 N–H and O–H groups in total. The van der Waals surface area contributed by atoms with Crippen LogP contribution in [0.2, 0.25) is 0 Å². The van der Waals surface area contributed by atoms with Crippen molar-refractivity contribution in [1.29, 1.82) is 0 Å². The number of hydrogen-bond acceptors (Lipinski definition) is 6. The van der Waals surface area contributed by atoms with E-state index in [0.29, 0.717) is 13.3 Å². The van der Waals surface area contributed by atoms with Gasteiger partial charge >= 0.3 is 24.1 Å². The second-order valence-electron chi connectivity index (χ2n) is 6.89. The molecule has 0 aromatic rings. The predicted octanol–water partition coefficient (Wildman–Crippen LogP) is 1.92. The first kappa shape index (κ1) is 17.8. The van der Waals surface area contributed by atoms with E-state index in [-0.39, 0.29) is 17.9 Å². The van der Waals surface area contributed by atoms with E-state index in [1.165, 1.54) is 6.92 Å². The van der Waals surface area contributed by atoms with Gasteiger partial charge in [-0.2, -0.15) is 13.2 Å². The summed E-state index contributed by atoms with van der Waals surface area (Å²) in [6.45, 7) is 5.64. The molecule has 138 valence electrons. The van der Waals surface area contributed by atoms with Gasteiger partial charge in [0.25, 0.3) is 0 Å². The highest BCUT2D eigenvalue weighted by Crippen LogP contribution is 2.63. The van der Waals surface area contributed by atoms with Crippen molar-refractivity contribution in [1.82, 2.24) is 0 Å². The zero-order chi connectivity index (χ0) is 18.7. The van der Waals surface area contributed by atoms with Gasteiger partial charge in [-0.15, -0.1) is 0 Å². The minimum atomic E-state index is -4.72. The average molecular weight is 362 g/mol. The summed E-state index contributed by atoms with van der Waals surface area (Å²) < 4.78 is 52.9. The fourth-order valence-electron chi connectivity index (χ4n) is 3.99. The Hall–Kier alpha value is -2.06. The van der Waals surface area contributed by atoms with E-state index in [1.54, 1.807) is 0 Å². The minimum absolute atomic E-state index is 0.0510. The number of esters is 3. The summed E-state index contributed by atoms with van der Waals surface area (Å²) >= 11 is 0. The summed E-state index contributed by atoms with van der Waals surface area (Å²) in [6, 6.07) is 0. The van der Waals surface area contributed by atoms with Gasteiger partial charge in [-0.3, -0.25) is 9.59 Å². The van der Waals surface area contributed by atoms with Crippen LogP contribution in [0.4, 0.5) is 13.2 Å². The molecule has 3 rings (SSSR count). The molecule has 3 aliphatic rings. The molecule has 2 saturated carbocycles. The molecule has 25 heavy (non-hydrogen) atoms. The van der Waals surface area contributed by atoms with Crippen LogP contribution in [0.1, 0.15) is 26.7 Å². The van der Waals surface area contributed by atoms with Crippen LogP contribution >= 0.6 is 0 Å². The molecular weight excluding hydrogens is 345 g/mol. The molecule has 9 heteroatoms. The molecule has 0 radical (unpaired) electrons. The molecule has 2 bridgehead atoms. The molecule has 0 aromatic heterocycles. The number of alkyl halides is 3. The lowest BCUT2D eigenvalue weighted by molar-refractivity contribution is -0.222. The number of carbonyl (C=O) groups excluding carboxylic acids is 3. The summed E-state index contributed by atoms with van der Waals surface area (Å²) in [4.78, 5) is 36.4. The average Bonchev–Trinajstić information content (AvgIpc) is 3.08. The fraction of sp³-hybridized carbons (Fsp3) is 0.688. The van der Waals surface area contributed by atoms with Crippen LogP contribution in [0.25, 0.3) is 0 Å². The van der Waals surface area contributed by atoms with Crippen molar-refractivity contribution in [3.8, 4) is 0 Å². The van der Waals surface area contributed by atoms with Crippen molar-refractivity contribution in [2.24, 2.45) is 17.3 Å². The van der Waals surface area contributed by atoms with Gasteiger partial charge < -0.3 is 14.2 Å². The second-order valence-corrected chi connectivity index (χ2v) is 6.89. The molecule has 3 fully saturated rings. The summed E-state index contributed by atoms with van der Waals surface area (Å²) in [7, 11) is 0. The van der Waals surface area contributed by atoms with Crippen LogP contribution in [-0.4, -0.2) is 42.4 Å². The third-order valence-electron chi connectivity index (χ3n) is 5.27. The molecule has 2 aliphatic carbocycles. The van der Waals surface area contributed by atoms with E-state index in [2.05, 4.69) is 11.3 Å². The second kappa shape index (κ2) is 5.47. The number of hydrogen-bond donors (Lipinski definition) is 0. The molecular formula is C16H17F3O6. The van der Waals surface area contributed by atoms with Crippen LogP contribution in [0.15, 0.2) is 12.2 Å². The number of fused-ring (bicyclic) bond motifs is 1. The van der Waals surface area contributed by atoms with Gasteiger partial charge in [0.05, 0.1) is 0 Å². The van der Waals surface area contributed by atoms with Crippen LogP contribution in [0.5, 0.6) is 0 Å². The maximum atomic E-state index is 12.6. The molecule has 6 nitrogen and oxygen atoms in total. The zero-order valence-electron chi connectivity index (χ0n) is 13.6. The Bertz CT molecular complexity index is 657. The summed E-state index contributed by atoms with van der Waals surface area (Å²) in [5.41, 5.74) is -1.56. The molecule has 1 saturated heterocycles. The Morgan fingerprint density at radius 1 is 1.40 bits per heavy atom. The third-order valence-corrected chi connectivity index (χ3v) is 5.27. The maximum absolute atomic E-state index is 12.6. The lowest BCUT2D eigenvalue weighted by Gasteiger charge is -2.31. The Kier molecular flexibility index (Phi) is 3.88. The van der Waals surface area contributed by atoms with Gasteiger partial charge in [0.15, 0.2) is 11.5 Å². The number of ether oxygens (including phenoxy) is 3. The highest BCUT2D eigenvalue weighted by Gasteiger charge is 2.75. The lowest BCUT2D eigenvalue weighted by atomic mass is 9.73. The Morgan fingerprint density at radius 2 is 2.04 bits per heavy atom. The minimum Gasteiger partial charge on any atom is -0.457 e. The highest BCUT2D eigenvalue weighted by atomic mass is 19.4. The molecule has 0 aromatic carbocycles. The van der Waals surface area contributed by atoms with Gasteiger partial charge in [-0.05, 0) is 26.7 Å². The van der Waals surface area contributed by atoms with Crippen LogP contribution < -0.4 is 0 Å². The summed E-state index contributed by atoms with van der Waals surface area (Å²) in [5.74, 6) is -3.76. The number of rotatable bonds is 4. The van der Waals surface area contributed by atoms with Gasteiger partial charge in [-0.1, -0.05) is 6.58 Å². The maximum Gasteiger partial charge on any atom is 0.425 e. The SMILES string of the molecule is C=C(C)C(=O)OC1C2CC3C1OC(=O)C3(C(=O)OC(C)C(F)(F)F)C2. The molecule has 1 aliphatic heterocycles. The smallest absolute Gasteiger partial charge is 0.425 e. The van der Waals surface area contributed by atoms with E-state index in [1.807, 2.05) is 0 Å². The monoisotopic (exact) mass is 362 g/mol. The Morgan fingerprint density at radius 3 is 2.60 bits per heavy atom. The highest BCUT2D eigenvalue weighted by molar-refractivity contribution is 6.03. The van der Waals surface area contributed by atoms with Gasteiger partial charge in [-0.25, -0.2) is 4.79 Å². The third kappa shape index (κ3) is 2.51. The standard InChI is InChI=1S/C16H17F3O6/c1-6(2)12(20)24-10-8-4-9-11(10)25-14(22)15(9,5-8)13(21)23-7(3)16(17,18)19/h7-11H,1,4-5H2,2-3H3. The lowest BCUT2D eigenvalue weighted by Crippen LogP contribution is -2.47. The quantitative estimate of drug-likeness (QED) is 0.329. The molecule has 1 heterocycles. The van der Waals surface area contributed by atoms with E-state index >= 15 is 0 Å². The van der Waals surface area contributed by atoms with Gasteiger partial charge in [0.2, 0.25) is 0 Å². The van der Waals surface area contributed by atoms with Gasteiger partial charge in [0, 0.05) is 17.4 Å². The van der Waals surface area contributed by atoms with Crippen molar-refractivity contribution >= 4 is 17.9 Å². The van der Waals surface area contributed by atoms with E-state index in [0.717, 1.165) is 0 Å². The fourth-order valence-corrected chi connectivity index (χ4v) is 3.99. The normalized spacial score (nSPS) is 36.8. The van der Waals surface area contributed by atoms with Crippen LogP contribution in [-0.2, 0) is 28.6 Å². The van der Waals surface area contributed by atoms with E-state index < -0.39 is 53.7 Å². The first-order valence-electron chi connectivity index (χ1n) is 7.84. The van der Waals surface area contributed by atoms with Crippen LogP contribution in [0.3, 0.4) is 0 Å². The van der Waals surface area contributed by atoms with Crippen molar-refractivity contribution in [2.75, 3.05) is 0 Å². The predicted molar refractivity (Wildman–Crippen MR) is 74.8 cm³/mol.